The van der Waals surface area contributed by atoms with Crippen molar-refractivity contribution in [2.45, 2.75) is 6.36 Å². The molecule has 2 aromatic carbocycles. The average Bonchev–Trinajstić information content (AvgIpc) is 2.79. The number of nitrogens with one attached hydrogen (secondary N) is 1. The molecular weight excluding hydrogens is 349 g/mol. The summed E-state index contributed by atoms with van der Waals surface area (Å²) in [5.41, 5.74) is 0.861. The normalized spacial score (nSPS) is 14.8. The molecule has 0 fully saturated rings. The van der Waals surface area contributed by atoms with Crippen LogP contribution in [0.25, 0.3) is 5.57 Å². The zero-order chi connectivity index (χ0) is 18.9. The Labute approximate surface area is 146 Å². The summed E-state index contributed by atoms with van der Waals surface area (Å²) in [6.45, 7) is 0. The van der Waals surface area contributed by atoms with Gasteiger partial charge in [0.15, 0.2) is 0 Å². The van der Waals surface area contributed by atoms with Gasteiger partial charge in [0.05, 0.1) is 5.57 Å². The highest BCUT2D eigenvalue weighted by Crippen LogP contribution is 2.31. The van der Waals surface area contributed by atoms with Crippen LogP contribution in [-0.2, 0) is 9.59 Å². The minimum Gasteiger partial charge on any atom is -0.406 e. The van der Waals surface area contributed by atoms with Crippen molar-refractivity contribution in [3.05, 3.63) is 65.9 Å². The van der Waals surface area contributed by atoms with Gasteiger partial charge in [-0.25, -0.2) is 0 Å². The molecule has 26 heavy (non-hydrogen) atoms. The van der Waals surface area contributed by atoms with Crippen molar-refractivity contribution in [1.29, 1.82) is 0 Å². The Hall–Kier alpha value is -3.29. The van der Waals surface area contributed by atoms with Crippen LogP contribution in [0.15, 0.2) is 60.3 Å². The van der Waals surface area contributed by atoms with Gasteiger partial charge in [-0.1, -0.05) is 36.4 Å². The summed E-state index contributed by atoms with van der Waals surface area (Å²) in [5.74, 6) is -1.50. The van der Waals surface area contributed by atoms with E-state index in [9.17, 15) is 22.8 Å². The van der Waals surface area contributed by atoms with E-state index < -0.39 is 23.9 Å². The molecule has 0 unspecified atom stereocenters. The van der Waals surface area contributed by atoms with Crippen LogP contribution in [0.4, 0.5) is 18.9 Å². The SMILES string of the molecule is CN1C(=O)C(Nc2cccc(OC(F)(F)F)c2)=C(c2ccccc2)C1=O. The van der Waals surface area contributed by atoms with Crippen molar-refractivity contribution in [3.63, 3.8) is 0 Å². The second-order valence-corrected chi connectivity index (χ2v) is 5.49. The summed E-state index contributed by atoms with van der Waals surface area (Å²) in [7, 11) is 1.34. The van der Waals surface area contributed by atoms with Crippen molar-refractivity contribution in [1.82, 2.24) is 4.90 Å². The highest BCUT2D eigenvalue weighted by Gasteiger charge is 2.37. The van der Waals surface area contributed by atoms with Crippen LogP contribution in [0.5, 0.6) is 5.75 Å². The highest BCUT2D eigenvalue weighted by atomic mass is 19.4. The number of anilines is 1. The van der Waals surface area contributed by atoms with E-state index in [4.69, 9.17) is 0 Å². The van der Waals surface area contributed by atoms with E-state index in [-0.39, 0.29) is 17.0 Å². The van der Waals surface area contributed by atoms with Gasteiger partial charge in [0, 0.05) is 18.8 Å². The van der Waals surface area contributed by atoms with E-state index in [1.54, 1.807) is 30.3 Å². The maximum absolute atomic E-state index is 12.4. The van der Waals surface area contributed by atoms with Crippen LogP contribution in [0.1, 0.15) is 5.56 Å². The predicted molar refractivity (Wildman–Crippen MR) is 87.9 cm³/mol. The fourth-order valence-corrected chi connectivity index (χ4v) is 2.55. The molecule has 3 rings (SSSR count). The van der Waals surface area contributed by atoms with Gasteiger partial charge < -0.3 is 10.1 Å². The Kier molecular flexibility index (Phi) is 4.41. The van der Waals surface area contributed by atoms with Gasteiger partial charge >= 0.3 is 6.36 Å². The van der Waals surface area contributed by atoms with Gasteiger partial charge in [-0.15, -0.1) is 13.2 Å². The molecule has 1 heterocycles. The van der Waals surface area contributed by atoms with Gasteiger partial charge in [-0.3, -0.25) is 14.5 Å². The average molecular weight is 362 g/mol. The quantitative estimate of drug-likeness (QED) is 0.847. The van der Waals surface area contributed by atoms with E-state index in [1.165, 1.54) is 19.2 Å². The maximum Gasteiger partial charge on any atom is 0.573 e. The van der Waals surface area contributed by atoms with Crippen LogP contribution < -0.4 is 10.1 Å². The van der Waals surface area contributed by atoms with Gasteiger partial charge in [0.2, 0.25) is 0 Å². The van der Waals surface area contributed by atoms with Gasteiger partial charge in [0.1, 0.15) is 11.4 Å². The number of amides is 2. The van der Waals surface area contributed by atoms with E-state index in [2.05, 4.69) is 10.1 Å². The molecule has 0 radical (unpaired) electrons. The van der Waals surface area contributed by atoms with E-state index >= 15 is 0 Å². The Morgan fingerprint density at radius 1 is 0.962 bits per heavy atom. The first kappa shape index (κ1) is 17.5. The lowest BCUT2D eigenvalue weighted by Crippen LogP contribution is -2.27. The molecule has 0 aromatic heterocycles. The number of imide groups is 1. The number of nitrogens with zero attached hydrogens (tertiary/aromatic N) is 1. The number of carbonyl (C=O) groups is 2. The Morgan fingerprint density at radius 2 is 1.65 bits per heavy atom. The minimum atomic E-state index is -4.83. The smallest absolute Gasteiger partial charge is 0.406 e. The van der Waals surface area contributed by atoms with Crippen molar-refractivity contribution >= 4 is 23.1 Å². The molecule has 1 aliphatic rings. The predicted octanol–water partition coefficient (Wildman–Crippen LogP) is 3.41. The first-order chi connectivity index (χ1) is 12.3. The van der Waals surface area contributed by atoms with Crippen LogP contribution in [-0.4, -0.2) is 30.1 Å². The number of benzene rings is 2. The fraction of sp³-hybridized carbons (Fsp3) is 0.111. The number of ether oxygens (including phenoxy) is 1. The maximum atomic E-state index is 12.4. The molecule has 2 aromatic rings. The number of alkyl halides is 3. The van der Waals surface area contributed by atoms with Gasteiger partial charge in [-0.2, -0.15) is 0 Å². The lowest BCUT2D eigenvalue weighted by atomic mass is 10.0. The van der Waals surface area contributed by atoms with Crippen molar-refractivity contribution in [3.8, 4) is 5.75 Å². The minimum absolute atomic E-state index is 0.00661. The van der Waals surface area contributed by atoms with Crippen LogP contribution >= 0.6 is 0 Å². The zero-order valence-corrected chi connectivity index (χ0v) is 13.5. The zero-order valence-electron chi connectivity index (χ0n) is 13.5. The number of carbonyl (C=O) groups excluding carboxylic acids is 2. The first-order valence-corrected chi connectivity index (χ1v) is 7.51. The molecule has 0 saturated heterocycles. The van der Waals surface area contributed by atoms with Crippen LogP contribution in [0.3, 0.4) is 0 Å². The molecule has 0 saturated carbocycles. The largest absolute Gasteiger partial charge is 0.573 e. The molecule has 0 atom stereocenters. The first-order valence-electron chi connectivity index (χ1n) is 7.51. The Morgan fingerprint density at radius 3 is 2.31 bits per heavy atom. The molecule has 5 nitrogen and oxygen atoms in total. The monoisotopic (exact) mass is 362 g/mol. The topological polar surface area (TPSA) is 58.6 Å². The summed E-state index contributed by atoms with van der Waals surface area (Å²) < 4.78 is 41.0. The lowest BCUT2D eigenvalue weighted by molar-refractivity contribution is -0.274. The number of likely N-dealkylation sites (N-methyl/N-ethyl adjacent to an activating group) is 1. The fourth-order valence-electron chi connectivity index (χ4n) is 2.55. The van der Waals surface area contributed by atoms with Crippen molar-refractivity contribution < 1.29 is 27.5 Å². The standard InChI is InChI=1S/C18H13F3N2O3/c1-23-16(24)14(11-6-3-2-4-7-11)15(17(23)25)22-12-8-5-9-13(10-12)26-18(19,20)21/h2-10,22H,1H3. The summed E-state index contributed by atoms with van der Waals surface area (Å²) in [4.78, 5) is 25.7. The second-order valence-electron chi connectivity index (χ2n) is 5.49. The molecule has 134 valence electrons. The van der Waals surface area contributed by atoms with E-state index in [1.807, 2.05) is 0 Å². The van der Waals surface area contributed by atoms with E-state index in [0.29, 0.717) is 5.56 Å². The molecule has 1 N–H and O–H groups in total. The molecule has 8 heteroatoms. The van der Waals surface area contributed by atoms with Gasteiger partial charge in [0.25, 0.3) is 11.8 Å². The van der Waals surface area contributed by atoms with Crippen molar-refractivity contribution in [2.24, 2.45) is 0 Å². The molecule has 0 bridgehead atoms. The molecular formula is C18H13F3N2O3. The Balaban J connectivity index is 1.98. The number of rotatable bonds is 4. The summed E-state index contributed by atoms with van der Waals surface area (Å²) in [5, 5.41) is 2.75. The third kappa shape index (κ3) is 3.53. The summed E-state index contributed by atoms with van der Waals surface area (Å²) in [6, 6.07) is 13.6. The summed E-state index contributed by atoms with van der Waals surface area (Å²) >= 11 is 0. The van der Waals surface area contributed by atoms with E-state index in [0.717, 1.165) is 17.0 Å². The third-order valence-electron chi connectivity index (χ3n) is 3.69. The highest BCUT2D eigenvalue weighted by molar-refractivity contribution is 6.36. The lowest BCUT2D eigenvalue weighted by Gasteiger charge is -2.12. The molecule has 0 spiro atoms. The van der Waals surface area contributed by atoms with Crippen LogP contribution in [0.2, 0.25) is 0 Å². The number of hydrogen-bond acceptors (Lipinski definition) is 4. The number of hydrogen-bond donors (Lipinski definition) is 1. The summed E-state index contributed by atoms with van der Waals surface area (Å²) in [6.07, 6.45) is -4.83. The van der Waals surface area contributed by atoms with Gasteiger partial charge in [-0.05, 0) is 17.7 Å². The van der Waals surface area contributed by atoms with Crippen LogP contribution in [0, 0.1) is 0 Å². The molecule has 1 aliphatic heterocycles. The second kappa shape index (κ2) is 6.55. The molecule has 2 amide bonds. The van der Waals surface area contributed by atoms with Crippen molar-refractivity contribution in [2.75, 3.05) is 12.4 Å². The third-order valence-corrected chi connectivity index (χ3v) is 3.69. The molecule has 0 aliphatic carbocycles. The Bertz CT molecular complexity index is 892. The number of halogens is 3.